The summed E-state index contributed by atoms with van der Waals surface area (Å²) in [7, 11) is -2.22. The Morgan fingerprint density at radius 2 is 1.87 bits per heavy atom. The summed E-state index contributed by atoms with van der Waals surface area (Å²) in [5.41, 5.74) is 9.16. The molecule has 10 heteroatoms. The van der Waals surface area contributed by atoms with Crippen LogP contribution in [-0.2, 0) is 22.1 Å². The van der Waals surface area contributed by atoms with Crippen LogP contribution in [0.1, 0.15) is 49.7 Å². The molecule has 2 aliphatic rings. The predicted molar refractivity (Wildman–Crippen MR) is 156 cm³/mol. The molecule has 0 bridgehead atoms. The first-order valence-electron chi connectivity index (χ1n) is 13.3. The minimum absolute atomic E-state index is 0.0543. The Balaban J connectivity index is 1.39. The number of nitrogens with one attached hydrogen (secondary N) is 1. The molecule has 5 rings (SSSR count). The van der Waals surface area contributed by atoms with Crippen molar-refractivity contribution in [1.29, 1.82) is 0 Å². The summed E-state index contributed by atoms with van der Waals surface area (Å²) in [6, 6.07) is 13.3. The molecule has 7 nitrogen and oxygen atoms in total. The Morgan fingerprint density at radius 1 is 1.10 bits per heavy atom. The van der Waals surface area contributed by atoms with Crippen molar-refractivity contribution in [3.8, 4) is 16.9 Å². The zero-order valence-electron chi connectivity index (χ0n) is 22.0. The molecule has 0 spiro atoms. The number of sulfonamides is 1. The summed E-state index contributed by atoms with van der Waals surface area (Å²) in [5, 5.41) is 4.19. The number of benzene rings is 2. The van der Waals surface area contributed by atoms with Crippen molar-refractivity contribution in [2.75, 3.05) is 20.1 Å². The molecule has 2 aliphatic carbocycles. The van der Waals surface area contributed by atoms with Crippen molar-refractivity contribution in [2.45, 2.75) is 61.6 Å². The van der Waals surface area contributed by atoms with Crippen LogP contribution >= 0.6 is 23.2 Å². The molecule has 1 heterocycles. The molecule has 2 saturated carbocycles. The van der Waals surface area contributed by atoms with Gasteiger partial charge in [0.1, 0.15) is 10.6 Å². The van der Waals surface area contributed by atoms with Crippen LogP contribution in [0.4, 0.5) is 0 Å². The number of halogens is 2. The van der Waals surface area contributed by atoms with E-state index in [0.29, 0.717) is 42.7 Å². The lowest BCUT2D eigenvalue weighted by Crippen LogP contribution is -2.30. The average molecular weight is 590 g/mol. The Kier molecular flexibility index (Phi) is 8.52. The SMILES string of the molecule is CN(CCCCN)S(=O)(=O)c1cc(CNC2(c3cnccc3-c3ccccc3OC3CC3)CC2)c(Cl)cc1Cl. The standard InChI is InChI=1S/C29H34Cl2N4O3S/c1-35(15-5-4-13-32)39(36,37)28-16-20(25(30)17-26(28)31)18-34-29(11-12-29)24-19-33-14-10-22(24)23-6-2-3-7-27(23)38-21-8-9-21/h2-3,6-7,10,14,16-17,19,21,34H,4-5,8-9,11-13,15,18,32H2,1H3. The van der Waals surface area contributed by atoms with Crippen molar-refractivity contribution >= 4 is 33.2 Å². The monoisotopic (exact) mass is 588 g/mol. The first kappa shape index (κ1) is 28.3. The maximum absolute atomic E-state index is 13.3. The van der Waals surface area contributed by atoms with Crippen LogP contribution in [0.5, 0.6) is 5.75 Å². The summed E-state index contributed by atoms with van der Waals surface area (Å²) in [6.45, 7) is 1.26. The van der Waals surface area contributed by atoms with Crippen LogP contribution in [0.2, 0.25) is 10.0 Å². The largest absolute Gasteiger partial charge is 0.490 e. The molecule has 208 valence electrons. The number of para-hydroxylation sites is 1. The lowest BCUT2D eigenvalue weighted by atomic mass is 9.94. The van der Waals surface area contributed by atoms with Gasteiger partial charge in [-0.15, -0.1) is 0 Å². The van der Waals surface area contributed by atoms with Crippen molar-refractivity contribution in [3.05, 3.63) is 76.0 Å². The van der Waals surface area contributed by atoms with E-state index in [1.54, 1.807) is 19.3 Å². The van der Waals surface area contributed by atoms with Gasteiger partial charge in [0.05, 0.1) is 11.1 Å². The molecule has 2 fully saturated rings. The lowest BCUT2D eigenvalue weighted by molar-refractivity contribution is 0.304. The van der Waals surface area contributed by atoms with E-state index in [1.165, 1.54) is 10.4 Å². The summed E-state index contributed by atoms with van der Waals surface area (Å²) in [4.78, 5) is 4.50. The van der Waals surface area contributed by atoms with Crippen LogP contribution in [0, 0.1) is 0 Å². The van der Waals surface area contributed by atoms with E-state index in [9.17, 15) is 8.42 Å². The quantitative estimate of drug-likeness (QED) is 0.247. The van der Waals surface area contributed by atoms with E-state index in [1.807, 2.05) is 30.5 Å². The second-order valence-electron chi connectivity index (χ2n) is 10.4. The molecule has 1 aromatic heterocycles. The molecule has 39 heavy (non-hydrogen) atoms. The fourth-order valence-corrected chi connectivity index (χ4v) is 6.81. The molecule has 2 aromatic carbocycles. The van der Waals surface area contributed by atoms with Gasteiger partial charge in [-0.1, -0.05) is 41.4 Å². The maximum Gasteiger partial charge on any atom is 0.244 e. The van der Waals surface area contributed by atoms with Crippen LogP contribution < -0.4 is 15.8 Å². The van der Waals surface area contributed by atoms with E-state index in [0.717, 1.165) is 54.5 Å². The third-order valence-corrected chi connectivity index (χ3v) is 10.1. The van der Waals surface area contributed by atoms with Gasteiger partial charge in [0.2, 0.25) is 10.0 Å². The highest BCUT2D eigenvalue weighted by molar-refractivity contribution is 7.89. The van der Waals surface area contributed by atoms with Gasteiger partial charge in [0.15, 0.2) is 0 Å². The van der Waals surface area contributed by atoms with Crippen LogP contribution in [0.15, 0.2) is 59.8 Å². The lowest BCUT2D eigenvalue weighted by Gasteiger charge is -2.23. The van der Waals surface area contributed by atoms with Gasteiger partial charge >= 0.3 is 0 Å². The van der Waals surface area contributed by atoms with Gasteiger partial charge in [-0.3, -0.25) is 4.98 Å². The number of unbranched alkanes of at least 4 members (excludes halogenated alkanes) is 1. The molecule has 0 unspecified atom stereocenters. The smallest absolute Gasteiger partial charge is 0.244 e. The van der Waals surface area contributed by atoms with Crippen molar-refractivity contribution < 1.29 is 13.2 Å². The molecule has 0 saturated heterocycles. The van der Waals surface area contributed by atoms with Gasteiger partial charge in [0.25, 0.3) is 0 Å². The van der Waals surface area contributed by atoms with Gasteiger partial charge in [-0.05, 0) is 86.0 Å². The normalized spacial score (nSPS) is 16.4. The molecular formula is C29H34Cl2N4O3S. The first-order valence-corrected chi connectivity index (χ1v) is 15.5. The molecule has 0 amide bonds. The summed E-state index contributed by atoms with van der Waals surface area (Å²) >= 11 is 12.9. The fourth-order valence-electron chi connectivity index (χ4n) is 4.77. The third-order valence-electron chi connectivity index (χ3n) is 7.42. The highest BCUT2D eigenvalue weighted by Gasteiger charge is 2.46. The van der Waals surface area contributed by atoms with Crippen LogP contribution in [-0.4, -0.2) is 43.9 Å². The van der Waals surface area contributed by atoms with E-state index in [2.05, 4.69) is 16.4 Å². The van der Waals surface area contributed by atoms with Crippen molar-refractivity contribution in [2.24, 2.45) is 5.73 Å². The minimum Gasteiger partial charge on any atom is -0.490 e. The van der Waals surface area contributed by atoms with Gasteiger partial charge in [-0.2, -0.15) is 0 Å². The average Bonchev–Trinajstić information content (AvgIpc) is 3.86. The zero-order valence-corrected chi connectivity index (χ0v) is 24.3. The van der Waals surface area contributed by atoms with E-state index >= 15 is 0 Å². The fraction of sp³-hybridized carbons (Fsp3) is 0.414. The number of hydrogen-bond donors (Lipinski definition) is 2. The Hall–Kier alpha value is -2.20. The van der Waals surface area contributed by atoms with Crippen molar-refractivity contribution in [1.82, 2.24) is 14.6 Å². The molecule has 0 radical (unpaired) electrons. The highest BCUT2D eigenvalue weighted by atomic mass is 35.5. The second-order valence-corrected chi connectivity index (χ2v) is 13.2. The molecule has 3 N–H and O–H groups in total. The van der Waals surface area contributed by atoms with E-state index < -0.39 is 10.0 Å². The third kappa shape index (κ3) is 6.26. The minimum atomic E-state index is -3.78. The number of ether oxygens (including phenoxy) is 1. The predicted octanol–water partition coefficient (Wildman–Crippen LogP) is 5.73. The van der Waals surface area contributed by atoms with E-state index in [4.69, 9.17) is 33.7 Å². The number of pyridine rings is 1. The molecule has 3 aromatic rings. The van der Waals surface area contributed by atoms with Gasteiger partial charge in [-0.25, -0.2) is 12.7 Å². The molecule has 0 aliphatic heterocycles. The number of nitrogens with zero attached hydrogens (tertiary/aromatic N) is 2. The van der Waals surface area contributed by atoms with Crippen LogP contribution in [0.3, 0.4) is 0 Å². The van der Waals surface area contributed by atoms with E-state index in [-0.39, 0.29) is 15.5 Å². The number of nitrogens with two attached hydrogens (primary N) is 1. The van der Waals surface area contributed by atoms with Gasteiger partial charge in [0, 0.05) is 48.7 Å². The zero-order chi connectivity index (χ0) is 27.6. The van der Waals surface area contributed by atoms with Gasteiger partial charge < -0.3 is 15.8 Å². The highest BCUT2D eigenvalue weighted by Crippen LogP contribution is 2.50. The number of rotatable bonds is 13. The Labute approximate surface area is 240 Å². The van der Waals surface area contributed by atoms with Crippen LogP contribution in [0.25, 0.3) is 11.1 Å². The number of aromatic nitrogens is 1. The second kappa shape index (κ2) is 11.7. The number of hydrogen-bond acceptors (Lipinski definition) is 6. The topological polar surface area (TPSA) is 97.5 Å². The molecule has 0 atom stereocenters. The summed E-state index contributed by atoms with van der Waals surface area (Å²) < 4.78 is 34.1. The summed E-state index contributed by atoms with van der Waals surface area (Å²) in [6.07, 6.45) is 9.48. The Bertz CT molecular complexity index is 1440. The molecular weight excluding hydrogens is 555 g/mol. The van der Waals surface area contributed by atoms with Crippen molar-refractivity contribution in [3.63, 3.8) is 0 Å². The Morgan fingerprint density at radius 3 is 2.59 bits per heavy atom. The first-order chi connectivity index (χ1) is 18.7. The summed E-state index contributed by atoms with van der Waals surface area (Å²) in [5.74, 6) is 0.884. The maximum atomic E-state index is 13.3.